The summed E-state index contributed by atoms with van der Waals surface area (Å²) < 4.78 is 2.87. The van der Waals surface area contributed by atoms with E-state index >= 15 is 0 Å². The van der Waals surface area contributed by atoms with Gasteiger partial charge in [-0.25, -0.2) is 28.6 Å². The van der Waals surface area contributed by atoms with Crippen LogP contribution < -0.4 is 11.4 Å². The third-order valence-electron chi connectivity index (χ3n) is 4.11. The van der Waals surface area contributed by atoms with Crippen LogP contribution in [-0.2, 0) is 22.9 Å². The maximum atomic E-state index is 12.9. The third-order valence-corrected chi connectivity index (χ3v) is 4.11. The summed E-state index contributed by atoms with van der Waals surface area (Å²) in [5.74, 6) is 0.210. The summed E-state index contributed by atoms with van der Waals surface area (Å²) >= 11 is 0. The smallest absolute Gasteiger partial charge is 0.351 e. The Morgan fingerprint density at radius 1 is 1.12 bits per heavy atom. The van der Waals surface area contributed by atoms with Crippen LogP contribution in [0.1, 0.15) is 11.1 Å². The minimum Gasteiger partial charge on any atom is -0.381 e. The number of nitrogen functional groups attached to an aromatic ring is 1. The number of fused-ring (bicyclic) bond motifs is 3. The lowest BCUT2D eigenvalue weighted by Gasteiger charge is -2.05. The van der Waals surface area contributed by atoms with Gasteiger partial charge in [0.1, 0.15) is 6.61 Å². The van der Waals surface area contributed by atoms with Crippen molar-refractivity contribution < 1.29 is 9.78 Å². The second-order valence-electron chi connectivity index (χ2n) is 5.83. The van der Waals surface area contributed by atoms with Gasteiger partial charge in [0, 0.05) is 0 Å². The van der Waals surface area contributed by atoms with E-state index in [1.807, 2.05) is 42.5 Å². The predicted molar refractivity (Wildman–Crippen MR) is 96.5 cm³/mol. The number of nitrogens with zero attached hydrogens (tertiary/aromatic N) is 4. The Balaban J connectivity index is 1.89. The summed E-state index contributed by atoms with van der Waals surface area (Å²) in [6.07, 6.45) is 0. The number of aromatic nitrogens is 4. The van der Waals surface area contributed by atoms with Gasteiger partial charge in [0.2, 0.25) is 5.65 Å². The van der Waals surface area contributed by atoms with Crippen LogP contribution in [0, 0.1) is 0 Å². The fourth-order valence-corrected chi connectivity index (χ4v) is 2.89. The van der Waals surface area contributed by atoms with E-state index in [9.17, 15) is 4.79 Å². The molecule has 0 radical (unpaired) electrons. The first kappa shape index (κ1) is 16.2. The van der Waals surface area contributed by atoms with Gasteiger partial charge in [-0.2, -0.15) is 0 Å². The number of benzene rings is 2. The van der Waals surface area contributed by atoms with Gasteiger partial charge in [-0.15, -0.1) is 5.10 Å². The normalized spacial score (nSPS) is 11.4. The Labute approximate surface area is 148 Å². The first-order valence-corrected chi connectivity index (χ1v) is 8.04. The maximum absolute atomic E-state index is 12.9. The van der Waals surface area contributed by atoms with Crippen LogP contribution in [0.4, 0.5) is 5.82 Å². The van der Waals surface area contributed by atoms with Gasteiger partial charge < -0.3 is 5.73 Å². The summed E-state index contributed by atoms with van der Waals surface area (Å²) in [4.78, 5) is 26.9. The van der Waals surface area contributed by atoms with Crippen molar-refractivity contribution in [2.24, 2.45) is 0 Å². The fourth-order valence-electron chi connectivity index (χ4n) is 2.89. The molecule has 0 amide bonds. The molecule has 2 N–H and O–H groups in total. The molecule has 0 spiro atoms. The molecule has 2 aromatic heterocycles. The summed E-state index contributed by atoms with van der Waals surface area (Å²) in [5.41, 5.74) is 9.14. The lowest BCUT2D eigenvalue weighted by atomic mass is 10.2. The Kier molecular flexibility index (Phi) is 4.11. The molecule has 0 saturated carbocycles. The Morgan fingerprint density at radius 3 is 2.69 bits per heavy atom. The van der Waals surface area contributed by atoms with Crippen LogP contribution in [0.5, 0.6) is 0 Å². The topological polar surface area (TPSA) is 96.7 Å². The summed E-state index contributed by atoms with van der Waals surface area (Å²) in [5, 5.41) is 4.37. The molecule has 0 aliphatic heterocycles. The monoisotopic (exact) mass is 351 g/mol. The molecule has 2 heterocycles. The van der Waals surface area contributed by atoms with Gasteiger partial charge in [-0.05, 0) is 23.3 Å². The highest BCUT2D eigenvalue weighted by atomic mass is 17.2. The van der Waals surface area contributed by atoms with Gasteiger partial charge in [0.25, 0.3) is 0 Å². The van der Waals surface area contributed by atoms with Crippen LogP contribution >= 0.6 is 0 Å². The average molecular weight is 351 g/mol. The minimum atomic E-state index is -0.271. The zero-order valence-electron chi connectivity index (χ0n) is 14.1. The van der Waals surface area contributed by atoms with Crippen molar-refractivity contribution in [3.63, 3.8) is 0 Å². The van der Waals surface area contributed by atoms with E-state index in [0.29, 0.717) is 23.2 Å². The van der Waals surface area contributed by atoms with Crippen molar-refractivity contribution in [1.82, 2.24) is 19.2 Å². The lowest BCUT2D eigenvalue weighted by molar-refractivity contribution is -0.282. The van der Waals surface area contributed by atoms with Gasteiger partial charge in [-0.3, -0.25) is 0 Å². The molecule has 4 aromatic rings. The first-order chi connectivity index (χ1) is 12.7. The molecule has 0 aliphatic carbocycles. The number of rotatable bonds is 5. The van der Waals surface area contributed by atoms with Crippen molar-refractivity contribution >= 4 is 22.5 Å². The van der Waals surface area contributed by atoms with Gasteiger partial charge in [0.15, 0.2) is 5.82 Å². The molecule has 0 fully saturated rings. The van der Waals surface area contributed by atoms with Gasteiger partial charge >= 0.3 is 5.69 Å². The largest absolute Gasteiger partial charge is 0.381 e. The summed E-state index contributed by atoms with van der Waals surface area (Å²) in [7, 11) is 1.44. The van der Waals surface area contributed by atoms with Crippen molar-refractivity contribution in [2.45, 2.75) is 13.2 Å². The number of nitrogens with two attached hydrogens (primary N) is 1. The molecular weight excluding hydrogens is 334 g/mol. The molecule has 26 heavy (non-hydrogen) atoms. The van der Waals surface area contributed by atoms with E-state index in [4.69, 9.17) is 10.6 Å². The molecule has 4 rings (SSSR count). The molecule has 0 bridgehead atoms. The van der Waals surface area contributed by atoms with E-state index < -0.39 is 0 Å². The van der Waals surface area contributed by atoms with E-state index in [0.717, 1.165) is 11.1 Å². The highest BCUT2D eigenvalue weighted by Gasteiger charge is 2.15. The number of hydrogen-bond acceptors (Lipinski definition) is 6. The predicted octanol–water partition coefficient (Wildman–Crippen LogP) is 1.75. The van der Waals surface area contributed by atoms with Crippen LogP contribution in [0.15, 0.2) is 53.3 Å². The third kappa shape index (κ3) is 2.81. The van der Waals surface area contributed by atoms with Gasteiger partial charge in [0.05, 0.1) is 24.7 Å². The average Bonchev–Trinajstić information content (AvgIpc) is 2.98. The lowest BCUT2D eigenvalue weighted by Crippen LogP contribution is -2.22. The Hall–Kier alpha value is -3.23. The zero-order valence-corrected chi connectivity index (χ0v) is 14.1. The fraction of sp³-hybridized carbons (Fsp3) is 0.167. The van der Waals surface area contributed by atoms with Crippen molar-refractivity contribution in [2.75, 3.05) is 12.8 Å². The second-order valence-corrected chi connectivity index (χ2v) is 5.83. The molecule has 8 heteroatoms. The quantitative estimate of drug-likeness (QED) is 0.435. The Morgan fingerprint density at radius 2 is 1.92 bits per heavy atom. The second kappa shape index (κ2) is 6.58. The molecule has 0 saturated heterocycles. The minimum absolute atomic E-state index is 0.210. The molecule has 0 aliphatic rings. The highest BCUT2D eigenvalue weighted by Crippen LogP contribution is 2.19. The first-order valence-electron chi connectivity index (χ1n) is 8.04. The molecule has 8 nitrogen and oxygen atoms in total. The molecule has 132 valence electrons. The number of hydrogen-bond donors (Lipinski definition) is 1. The van der Waals surface area contributed by atoms with Crippen molar-refractivity contribution in [3.8, 4) is 0 Å². The summed E-state index contributed by atoms with van der Waals surface area (Å²) in [6, 6.07) is 15.1. The van der Waals surface area contributed by atoms with Crippen LogP contribution in [0.2, 0.25) is 0 Å². The maximum Gasteiger partial charge on any atom is 0.351 e. The van der Waals surface area contributed by atoms with E-state index in [1.165, 1.54) is 16.2 Å². The Bertz CT molecular complexity index is 1130. The SMILES string of the molecule is COOCc1ccc2nc(N)c3nn(Cc4ccccc4)c(=O)n3c2c1. The molecule has 2 aromatic carbocycles. The summed E-state index contributed by atoms with van der Waals surface area (Å²) in [6.45, 7) is 0.611. The number of anilines is 1. The van der Waals surface area contributed by atoms with Crippen molar-refractivity contribution in [3.05, 3.63) is 70.1 Å². The molecule has 0 unspecified atom stereocenters. The van der Waals surface area contributed by atoms with E-state index in [-0.39, 0.29) is 18.1 Å². The molecular formula is C18H17N5O3. The van der Waals surface area contributed by atoms with Crippen LogP contribution in [0.25, 0.3) is 16.7 Å². The standard InChI is InChI=1S/C18H17N5O3/c1-25-26-11-13-7-8-14-15(9-13)23-17(16(19)20-14)21-22(18(23)24)10-12-5-3-2-4-6-12/h2-9H,10-11H2,1H3,(H2,19,20). The zero-order chi connectivity index (χ0) is 18.1. The van der Waals surface area contributed by atoms with Crippen LogP contribution in [0.3, 0.4) is 0 Å². The highest BCUT2D eigenvalue weighted by molar-refractivity contribution is 5.82. The molecule has 0 atom stereocenters. The van der Waals surface area contributed by atoms with Crippen molar-refractivity contribution in [1.29, 1.82) is 0 Å². The van der Waals surface area contributed by atoms with Crippen LogP contribution in [-0.4, -0.2) is 26.3 Å². The van der Waals surface area contributed by atoms with Gasteiger partial charge in [-0.1, -0.05) is 36.4 Å². The van der Waals surface area contributed by atoms with E-state index in [1.54, 1.807) is 6.07 Å². The van der Waals surface area contributed by atoms with E-state index in [2.05, 4.69) is 15.0 Å².